The molecule has 32 heavy (non-hydrogen) atoms. The lowest BCUT2D eigenvalue weighted by atomic mass is 10.2. The van der Waals surface area contributed by atoms with Gasteiger partial charge in [-0.05, 0) is 51.1 Å². The summed E-state index contributed by atoms with van der Waals surface area (Å²) >= 11 is 0. The molecule has 0 saturated carbocycles. The Bertz CT molecular complexity index is 845. The molecular formula is C25H39N7. The van der Waals surface area contributed by atoms with Crippen molar-refractivity contribution in [2.24, 2.45) is 4.99 Å². The van der Waals surface area contributed by atoms with Crippen LogP contribution in [0.1, 0.15) is 62.7 Å². The van der Waals surface area contributed by atoms with Crippen molar-refractivity contribution in [1.82, 2.24) is 30.3 Å². The molecule has 174 valence electrons. The molecule has 7 nitrogen and oxygen atoms in total. The third-order valence-corrected chi connectivity index (χ3v) is 6.59. The number of aryl methyl sites for hydroxylation is 2. The summed E-state index contributed by atoms with van der Waals surface area (Å²) in [6.45, 7) is 8.01. The molecule has 0 amide bonds. The number of hydrogen-bond donors (Lipinski definition) is 2. The van der Waals surface area contributed by atoms with Gasteiger partial charge in [0.05, 0.1) is 6.54 Å². The fraction of sp³-hybridized carbons (Fsp3) is 0.640. The van der Waals surface area contributed by atoms with Crippen LogP contribution in [-0.4, -0.2) is 57.8 Å². The fourth-order valence-electron chi connectivity index (χ4n) is 4.85. The topological polar surface area (TPSA) is 70.4 Å². The molecule has 1 fully saturated rings. The van der Waals surface area contributed by atoms with E-state index < -0.39 is 0 Å². The van der Waals surface area contributed by atoms with E-state index in [0.29, 0.717) is 6.04 Å². The van der Waals surface area contributed by atoms with Gasteiger partial charge in [0.2, 0.25) is 0 Å². The van der Waals surface area contributed by atoms with E-state index in [-0.39, 0.29) is 0 Å². The zero-order valence-corrected chi connectivity index (χ0v) is 19.6. The van der Waals surface area contributed by atoms with E-state index in [4.69, 9.17) is 4.99 Å². The summed E-state index contributed by atoms with van der Waals surface area (Å²) in [6.07, 6.45) is 9.36. The van der Waals surface area contributed by atoms with Gasteiger partial charge in [-0.3, -0.25) is 9.89 Å². The molecule has 4 rings (SSSR count). The molecule has 1 atom stereocenters. The highest BCUT2D eigenvalue weighted by molar-refractivity contribution is 5.79. The Morgan fingerprint density at radius 2 is 1.97 bits per heavy atom. The minimum Gasteiger partial charge on any atom is -0.357 e. The molecule has 1 aromatic heterocycles. The van der Waals surface area contributed by atoms with E-state index >= 15 is 0 Å². The van der Waals surface area contributed by atoms with Gasteiger partial charge in [0, 0.05) is 45.1 Å². The number of nitrogens with one attached hydrogen (secondary N) is 2. The molecule has 3 heterocycles. The lowest BCUT2D eigenvalue weighted by Crippen LogP contribution is -2.39. The zero-order valence-electron chi connectivity index (χ0n) is 19.6. The van der Waals surface area contributed by atoms with Crippen LogP contribution in [0.4, 0.5) is 0 Å². The Kier molecular flexibility index (Phi) is 8.54. The predicted molar refractivity (Wildman–Crippen MR) is 130 cm³/mol. The first-order valence-corrected chi connectivity index (χ1v) is 12.5. The van der Waals surface area contributed by atoms with Crippen molar-refractivity contribution in [1.29, 1.82) is 0 Å². The summed E-state index contributed by atoms with van der Waals surface area (Å²) in [6, 6.07) is 11.3. The summed E-state index contributed by atoms with van der Waals surface area (Å²) in [5, 5.41) is 15.8. The van der Waals surface area contributed by atoms with Crippen molar-refractivity contribution in [3.63, 3.8) is 0 Å². The second kappa shape index (κ2) is 12.0. The average molecular weight is 438 g/mol. The SMILES string of the molecule is CCNC(=NCC1CCCN1Cc1ccccc1)NCCCc1nnc2n1CCCCC2. The van der Waals surface area contributed by atoms with E-state index in [9.17, 15) is 0 Å². The van der Waals surface area contributed by atoms with Gasteiger partial charge in [0.15, 0.2) is 5.96 Å². The van der Waals surface area contributed by atoms with Crippen molar-refractivity contribution < 1.29 is 0 Å². The third-order valence-electron chi connectivity index (χ3n) is 6.59. The number of likely N-dealkylation sites (tertiary alicyclic amines) is 1. The van der Waals surface area contributed by atoms with Crippen LogP contribution in [0.15, 0.2) is 35.3 Å². The van der Waals surface area contributed by atoms with Gasteiger partial charge in [0.25, 0.3) is 0 Å². The second-order valence-electron chi connectivity index (χ2n) is 9.00. The van der Waals surface area contributed by atoms with E-state index in [1.54, 1.807) is 0 Å². The van der Waals surface area contributed by atoms with Gasteiger partial charge in [-0.25, -0.2) is 0 Å². The second-order valence-corrected chi connectivity index (χ2v) is 9.00. The number of hydrogen-bond acceptors (Lipinski definition) is 4. The molecule has 2 aliphatic heterocycles. The van der Waals surface area contributed by atoms with Gasteiger partial charge in [-0.1, -0.05) is 36.8 Å². The van der Waals surface area contributed by atoms with Crippen LogP contribution in [0.2, 0.25) is 0 Å². The van der Waals surface area contributed by atoms with E-state index in [0.717, 1.165) is 63.8 Å². The average Bonchev–Trinajstić information content (AvgIpc) is 3.34. The molecule has 7 heteroatoms. The number of aromatic nitrogens is 3. The lowest BCUT2D eigenvalue weighted by molar-refractivity contribution is 0.250. The van der Waals surface area contributed by atoms with E-state index in [1.165, 1.54) is 50.0 Å². The van der Waals surface area contributed by atoms with Crippen molar-refractivity contribution in [3.8, 4) is 0 Å². The molecule has 0 aliphatic carbocycles. The van der Waals surface area contributed by atoms with Crippen molar-refractivity contribution in [3.05, 3.63) is 47.5 Å². The molecule has 1 saturated heterocycles. The van der Waals surface area contributed by atoms with Crippen molar-refractivity contribution in [2.75, 3.05) is 26.2 Å². The van der Waals surface area contributed by atoms with Crippen molar-refractivity contribution in [2.45, 2.75) is 77.4 Å². The van der Waals surface area contributed by atoms with Crippen LogP contribution >= 0.6 is 0 Å². The van der Waals surface area contributed by atoms with Gasteiger partial charge in [0.1, 0.15) is 11.6 Å². The highest BCUT2D eigenvalue weighted by Gasteiger charge is 2.24. The number of rotatable bonds is 9. The summed E-state index contributed by atoms with van der Waals surface area (Å²) in [5.74, 6) is 3.25. The maximum Gasteiger partial charge on any atom is 0.191 e. The van der Waals surface area contributed by atoms with Crippen LogP contribution in [0.5, 0.6) is 0 Å². The van der Waals surface area contributed by atoms with Crippen LogP contribution in [-0.2, 0) is 25.9 Å². The lowest BCUT2D eigenvalue weighted by Gasteiger charge is -2.23. The molecule has 2 aliphatic rings. The third kappa shape index (κ3) is 6.31. The highest BCUT2D eigenvalue weighted by atomic mass is 15.3. The molecule has 1 aromatic carbocycles. The maximum absolute atomic E-state index is 4.92. The minimum absolute atomic E-state index is 0.525. The number of nitrogens with zero attached hydrogens (tertiary/aromatic N) is 5. The molecule has 1 unspecified atom stereocenters. The van der Waals surface area contributed by atoms with Gasteiger partial charge in [-0.15, -0.1) is 10.2 Å². The van der Waals surface area contributed by atoms with Crippen LogP contribution in [0.3, 0.4) is 0 Å². The smallest absolute Gasteiger partial charge is 0.191 e. The Hall–Kier alpha value is -2.41. The molecule has 0 radical (unpaired) electrons. The van der Waals surface area contributed by atoms with E-state index in [2.05, 4.69) is 67.6 Å². The summed E-state index contributed by atoms with van der Waals surface area (Å²) < 4.78 is 2.35. The minimum atomic E-state index is 0.525. The van der Waals surface area contributed by atoms with Gasteiger partial charge < -0.3 is 15.2 Å². The van der Waals surface area contributed by atoms with Gasteiger partial charge >= 0.3 is 0 Å². The fourth-order valence-corrected chi connectivity index (χ4v) is 4.85. The number of benzene rings is 1. The largest absolute Gasteiger partial charge is 0.357 e. The summed E-state index contributed by atoms with van der Waals surface area (Å²) in [4.78, 5) is 7.51. The molecule has 0 spiro atoms. The quantitative estimate of drug-likeness (QED) is 0.358. The van der Waals surface area contributed by atoms with Crippen LogP contribution in [0.25, 0.3) is 0 Å². The molecule has 2 N–H and O–H groups in total. The summed E-state index contributed by atoms with van der Waals surface area (Å²) in [5.41, 5.74) is 1.39. The number of fused-ring (bicyclic) bond motifs is 1. The summed E-state index contributed by atoms with van der Waals surface area (Å²) in [7, 11) is 0. The Morgan fingerprint density at radius 3 is 2.84 bits per heavy atom. The molecule has 2 aromatic rings. The Balaban J connectivity index is 1.24. The van der Waals surface area contributed by atoms with Gasteiger partial charge in [-0.2, -0.15) is 0 Å². The first-order chi connectivity index (χ1) is 15.8. The predicted octanol–water partition coefficient (Wildman–Crippen LogP) is 3.16. The normalized spacial score (nSPS) is 19.5. The monoisotopic (exact) mass is 437 g/mol. The zero-order chi connectivity index (χ0) is 22.0. The Morgan fingerprint density at radius 1 is 1.06 bits per heavy atom. The Labute approximate surface area is 192 Å². The highest BCUT2D eigenvalue weighted by Crippen LogP contribution is 2.20. The first-order valence-electron chi connectivity index (χ1n) is 12.5. The first kappa shape index (κ1) is 22.8. The van der Waals surface area contributed by atoms with E-state index in [1.807, 2.05) is 0 Å². The standard InChI is InChI=1S/C25H39N7/c1-2-26-25(27-16-9-15-24-30-29-23-14-7-4-8-18-32(23)24)28-19-22-13-10-17-31(22)20-21-11-5-3-6-12-21/h3,5-6,11-12,22H,2,4,7-10,13-20H2,1H3,(H2,26,27,28). The maximum atomic E-state index is 4.92. The van der Waals surface area contributed by atoms with Crippen LogP contribution in [0, 0.1) is 0 Å². The molecular weight excluding hydrogens is 398 g/mol. The van der Waals surface area contributed by atoms with Crippen molar-refractivity contribution >= 4 is 5.96 Å². The van der Waals surface area contributed by atoms with Crippen LogP contribution < -0.4 is 10.6 Å². The number of aliphatic imine (C=N–C) groups is 1. The number of guanidine groups is 1. The molecule has 0 bridgehead atoms.